The summed E-state index contributed by atoms with van der Waals surface area (Å²) in [6.07, 6.45) is 2.02. The summed E-state index contributed by atoms with van der Waals surface area (Å²) in [5, 5.41) is 9.89. The van der Waals surface area contributed by atoms with Crippen LogP contribution in [0.25, 0.3) is 5.57 Å². The minimum atomic E-state index is -0.564. The number of methoxy groups -OCH3 is 3. The van der Waals surface area contributed by atoms with Crippen LogP contribution in [0.5, 0.6) is 23.0 Å². The van der Waals surface area contributed by atoms with E-state index in [1.165, 1.54) is 21.3 Å². The molecule has 0 saturated carbocycles. The van der Waals surface area contributed by atoms with Gasteiger partial charge in [-0.25, -0.2) is 0 Å². The molecule has 1 N–H and O–H groups in total. The number of hydrogen-bond donors (Lipinski definition) is 1. The Balaban J connectivity index is 2.17. The zero-order valence-electron chi connectivity index (χ0n) is 17.0. The number of nitrogens with zero attached hydrogens (tertiary/aromatic N) is 1. The summed E-state index contributed by atoms with van der Waals surface area (Å²) in [6, 6.07) is 8.31. The number of ether oxygens (including phenoxy) is 3. The van der Waals surface area contributed by atoms with E-state index in [0.717, 1.165) is 16.8 Å². The van der Waals surface area contributed by atoms with Crippen molar-refractivity contribution in [1.29, 1.82) is 0 Å². The number of rotatable bonds is 4. The highest BCUT2D eigenvalue weighted by Crippen LogP contribution is 2.43. The smallest absolute Gasteiger partial charge is 0.259 e. The van der Waals surface area contributed by atoms with Crippen molar-refractivity contribution in [2.45, 2.75) is 26.3 Å². The van der Waals surface area contributed by atoms with Gasteiger partial charge in [-0.3, -0.25) is 9.69 Å². The second-order valence-corrected chi connectivity index (χ2v) is 7.24. The minimum absolute atomic E-state index is 0.159. The van der Waals surface area contributed by atoms with Crippen molar-refractivity contribution in [2.24, 2.45) is 0 Å². The molecule has 3 rings (SSSR count). The first-order valence-corrected chi connectivity index (χ1v) is 8.91. The van der Waals surface area contributed by atoms with E-state index in [2.05, 4.69) is 0 Å². The van der Waals surface area contributed by atoms with Gasteiger partial charge in [0.1, 0.15) is 5.75 Å². The van der Waals surface area contributed by atoms with Crippen LogP contribution < -0.4 is 19.1 Å². The van der Waals surface area contributed by atoms with E-state index in [0.29, 0.717) is 22.8 Å². The van der Waals surface area contributed by atoms with Gasteiger partial charge in [-0.05, 0) is 56.7 Å². The van der Waals surface area contributed by atoms with Crippen LogP contribution in [-0.4, -0.2) is 37.9 Å². The van der Waals surface area contributed by atoms with Crippen molar-refractivity contribution in [1.82, 2.24) is 0 Å². The number of anilines is 1. The number of carbonyl (C=O) groups is 1. The Hall–Kier alpha value is -3.15. The third kappa shape index (κ3) is 3.15. The Morgan fingerprint density at radius 2 is 1.61 bits per heavy atom. The lowest BCUT2D eigenvalue weighted by Crippen LogP contribution is -2.49. The number of amides is 1. The Morgan fingerprint density at radius 1 is 1.00 bits per heavy atom. The summed E-state index contributed by atoms with van der Waals surface area (Å²) < 4.78 is 16.1. The molecule has 0 aliphatic carbocycles. The predicted molar refractivity (Wildman–Crippen MR) is 109 cm³/mol. The van der Waals surface area contributed by atoms with Gasteiger partial charge in [0, 0.05) is 11.1 Å². The highest BCUT2D eigenvalue weighted by Gasteiger charge is 2.37. The molecule has 0 atom stereocenters. The molecule has 2 aromatic rings. The predicted octanol–water partition coefficient (Wildman–Crippen LogP) is 4.26. The van der Waals surface area contributed by atoms with Crippen molar-refractivity contribution in [3.05, 3.63) is 47.5 Å². The highest BCUT2D eigenvalue weighted by atomic mass is 16.5. The molecule has 0 radical (unpaired) electrons. The second-order valence-electron chi connectivity index (χ2n) is 7.24. The number of aromatic hydroxyl groups is 1. The number of phenolic OH excluding ortho intramolecular Hbond substituents is 1. The van der Waals surface area contributed by atoms with E-state index in [-0.39, 0.29) is 11.7 Å². The Kier molecular flexibility index (Phi) is 4.98. The molecule has 6 nitrogen and oxygen atoms in total. The molecule has 0 spiro atoms. The van der Waals surface area contributed by atoms with Crippen molar-refractivity contribution in [3.8, 4) is 23.0 Å². The van der Waals surface area contributed by atoms with Crippen molar-refractivity contribution in [3.63, 3.8) is 0 Å². The summed E-state index contributed by atoms with van der Waals surface area (Å²) >= 11 is 0. The normalized spacial score (nSPS) is 14.8. The molecule has 0 bridgehead atoms. The van der Waals surface area contributed by atoms with Gasteiger partial charge in [0.05, 0.1) is 32.6 Å². The van der Waals surface area contributed by atoms with Gasteiger partial charge in [0.15, 0.2) is 11.5 Å². The molecule has 0 fully saturated rings. The van der Waals surface area contributed by atoms with Gasteiger partial charge in [-0.2, -0.15) is 0 Å². The molecule has 148 valence electrons. The molecular formula is C22H25NO5. The second kappa shape index (κ2) is 7.11. The molecule has 28 heavy (non-hydrogen) atoms. The van der Waals surface area contributed by atoms with E-state index in [9.17, 15) is 9.90 Å². The summed E-state index contributed by atoms with van der Waals surface area (Å²) in [5.74, 6) is 1.21. The fourth-order valence-electron chi connectivity index (χ4n) is 3.72. The number of carbonyl (C=O) groups excluding carboxylic acids is 1. The first kappa shape index (κ1) is 19.6. The zero-order chi connectivity index (χ0) is 20.6. The Morgan fingerprint density at radius 3 is 2.14 bits per heavy atom. The van der Waals surface area contributed by atoms with Crippen LogP contribution in [0.3, 0.4) is 0 Å². The van der Waals surface area contributed by atoms with Gasteiger partial charge in [-0.1, -0.05) is 6.08 Å². The van der Waals surface area contributed by atoms with E-state index >= 15 is 0 Å². The van der Waals surface area contributed by atoms with Gasteiger partial charge >= 0.3 is 0 Å². The van der Waals surface area contributed by atoms with Crippen molar-refractivity contribution in [2.75, 3.05) is 26.2 Å². The molecule has 0 unspecified atom stereocenters. The molecule has 1 heterocycles. The molecule has 1 amide bonds. The summed E-state index contributed by atoms with van der Waals surface area (Å²) in [4.78, 5) is 15.3. The van der Waals surface area contributed by atoms with E-state index in [4.69, 9.17) is 14.2 Å². The Bertz CT molecular complexity index is 936. The van der Waals surface area contributed by atoms with Gasteiger partial charge in [-0.15, -0.1) is 0 Å². The van der Waals surface area contributed by atoms with Gasteiger partial charge in [0.2, 0.25) is 5.75 Å². The monoisotopic (exact) mass is 383 g/mol. The molecule has 1 aliphatic rings. The lowest BCUT2D eigenvalue weighted by molar-refractivity contribution is 0.0969. The first-order valence-electron chi connectivity index (χ1n) is 8.91. The number of hydrogen-bond acceptors (Lipinski definition) is 5. The lowest BCUT2D eigenvalue weighted by Gasteiger charge is -2.41. The Labute approximate surface area is 164 Å². The van der Waals surface area contributed by atoms with Crippen LogP contribution >= 0.6 is 0 Å². The third-order valence-corrected chi connectivity index (χ3v) is 4.91. The number of phenols is 1. The molecule has 0 aromatic heterocycles. The summed E-state index contributed by atoms with van der Waals surface area (Å²) in [6.45, 7) is 5.92. The maximum atomic E-state index is 13.6. The largest absolute Gasteiger partial charge is 0.508 e. The van der Waals surface area contributed by atoms with Crippen molar-refractivity contribution < 1.29 is 24.1 Å². The molecular weight excluding hydrogens is 358 g/mol. The quantitative estimate of drug-likeness (QED) is 0.854. The SMILES string of the molecule is COc1cc(C(=O)N2c3ccc(O)cc3C(C)=CC2(C)C)cc(OC)c1OC. The maximum absolute atomic E-state index is 13.6. The lowest BCUT2D eigenvalue weighted by atomic mass is 9.88. The van der Waals surface area contributed by atoms with Crippen molar-refractivity contribution >= 4 is 17.2 Å². The fourth-order valence-corrected chi connectivity index (χ4v) is 3.72. The number of benzene rings is 2. The van der Waals surface area contributed by atoms with Crippen LogP contribution in [0.2, 0.25) is 0 Å². The van der Waals surface area contributed by atoms with Crippen LogP contribution in [-0.2, 0) is 0 Å². The zero-order valence-corrected chi connectivity index (χ0v) is 17.0. The maximum Gasteiger partial charge on any atom is 0.259 e. The minimum Gasteiger partial charge on any atom is -0.508 e. The highest BCUT2D eigenvalue weighted by molar-refractivity contribution is 6.10. The molecule has 6 heteroatoms. The van der Waals surface area contributed by atoms with Crippen LogP contribution in [0.1, 0.15) is 36.7 Å². The van der Waals surface area contributed by atoms with Gasteiger partial charge in [0.25, 0.3) is 5.91 Å². The van der Waals surface area contributed by atoms with Crippen LogP contribution in [0.15, 0.2) is 36.4 Å². The number of allylic oxidation sites excluding steroid dienone is 1. The van der Waals surface area contributed by atoms with Crippen LogP contribution in [0.4, 0.5) is 5.69 Å². The topological polar surface area (TPSA) is 68.2 Å². The van der Waals surface area contributed by atoms with E-state index in [1.54, 1.807) is 35.2 Å². The standard InChI is InChI=1S/C22H25NO5/c1-13-12-22(2,3)23(17-8-7-15(24)11-16(13)17)21(25)14-9-18(26-4)20(28-6)19(10-14)27-5/h7-12,24H,1-6H3. The van der Waals surface area contributed by atoms with E-state index in [1.807, 2.05) is 26.8 Å². The molecule has 0 saturated heterocycles. The summed E-state index contributed by atoms with van der Waals surface area (Å²) in [7, 11) is 4.55. The fraction of sp³-hybridized carbons (Fsp3) is 0.318. The van der Waals surface area contributed by atoms with Gasteiger partial charge < -0.3 is 19.3 Å². The average molecular weight is 383 g/mol. The number of fused-ring (bicyclic) bond motifs is 1. The summed E-state index contributed by atoms with van der Waals surface area (Å²) in [5.41, 5.74) is 2.41. The first-order chi connectivity index (χ1) is 13.2. The molecule has 2 aromatic carbocycles. The average Bonchev–Trinajstić information content (AvgIpc) is 2.66. The van der Waals surface area contributed by atoms with E-state index < -0.39 is 5.54 Å². The van der Waals surface area contributed by atoms with Crippen LogP contribution in [0, 0.1) is 0 Å². The molecule has 1 aliphatic heterocycles. The third-order valence-electron chi connectivity index (χ3n) is 4.91.